The number of esters is 2. The molecule has 1 aromatic carbocycles. The summed E-state index contributed by atoms with van der Waals surface area (Å²) in [5, 5.41) is 0. The number of sulfone groups is 1. The summed E-state index contributed by atoms with van der Waals surface area (Å²) >= 11 is 2.36. The van der Waals surface area contributed by atoms with Crippen molar-refractivity contribution in [1.82, 2.24) is 0 Å². The Labute approximate surface area is 228 Å². The van der Waals surface area contributed by atoms with Crippen LogP contribution in [0.1, 0.15) is 58.4 Å². The Balaban J connectivity index is 1.99. The summed E-state index contributed by atoms with van der Waals surface area (Å²) in [5.74, 6) is -1.16. The Morgan fingerprint density at radius 1 is 0.973 bits per heavy atom. The van der Waals surface area contributed by atoms with E-state index >= 15 is 0 Å². The maximum Gasteiger partial charge on any atom is 0.346 e. The fraction of sp³-hybridized carbons (Fsp3) is 0.481. The maximum atomic E-state index is 12.3. The smallest absolute Gasteiger partial charge is 0.346 e. The molecule has 0 unspecified atom stereocenters. The van der Waals surface area contributed by atoms with Gasteiger partial charge in [-0.2, -0.15) is 0 Å². The van der Waals surface area contributed by atoms with E-state index in [1.165, 1.54) is 63.3 Å². The predicted octanol–water partition coefficient (Wildman–Crippen LogP) is 5.92. The second-order valence-electron chi connectivity index (χ2n) is 9.53. The summed E-state index contributed by atoms with van der Waals surface area (Å²) in [7, 11) is -0.789. The number of nitrogens with zero attached hydrogens (tertiary/aromatic N) is 1. The zero-order chi connectivity index (χ0) is 27.4. The molecule has 37 heavy (non-hydrogen) atoms. The van der Waals surface area contributed by atoms with Crippen LogP contribution in [0.2, 0.25) is 0 Å². The number of fused-ring (bicyclic) bond motifs is 1. The van der Waals surface area contributed by atoms with Crippen molar-refractivity contribution >= 4 is 51.0 Å². The highest BCUT2D eigenvalue weighted by Gasteiger charge is 2.40. The number of thioether (sulfide) groups is 2. The highest BCUT2D eigenvalue weighted by atomic mass is 32.2. The summed E-state index contributed by atoms with van der Waals surface area (Å²) in [6.07, 6.45) is 10.8. The van der Waals surface area contributed by atoms with Crippen molar-refractivity contribution in [3.05, 3.63) is 55.7 Å². The van der Waals surface area contributed by atoms with E-state index in [1.807, 2.05) is 18.2 Å². The second kappa shape index (κ2) is 12.1. The van der Waals surface area contributed by atoms with Crippen LogP contribution in [0.5, 0.6) is 0 Å². The Morgan fingerprint density at radius 3 is 2.11 bits per heavy atom. The number of anilines is 1. The van der Waals surface area contributed by atoms with Crippen molar-refractivity contribution in [1.29, 1.82) is 0 Å². The third kappa shape index (κ3) is 6.46. The maximum absolute atomic E-state index is 12.3. The van der Waals surface area contributed by atoms with Gasteiger partial charge in [0.15, 0.2) is 9.84 Å². The average Bonchev–Trinajstić information content (AvgIpc) is 3.37. The molecule has 0 atom stereocenters. The number of hydrogen-bond donors (Lipinski definition) is 0. The second-order valence-corrected chi connectivity index (χ2v) is 13.9. The first-order valence-electron chi connectivity index (χ1n) is 12.3. The molecule has 0 fully saturated rings. The molecular formula is C27H35NO6S3. The SMILES string of the molecule is CCCCCCCN1C(=CC=C2SC(C(=O)OC)=C(C(=O)OC)S2)C(C)(C)c2cc(S(C)(=O)=O)ccc21. The summed E-state index contributed by atoms with van der Waals surface area (Å²) in [4.78, 5) is 27.5. The van der Waals surface area contributed by atoms with Crippen LogP contribution >= 0.6 is 23.5 Å². The van der Waals surface area contributed by atoms with Crippen molar-refractivity contribution in [2.75, 3.05) is 31.9 Å². The number of carbonyl (C=O) groups excluding carboxylic acids is 2. The molecule has 0 bridgehead atoms. The molecule has 2 aliphatic rings. The standard InChI is InChI=1S/C27H35NO6S3/c1-7-8-9-10-11-16-28-20-13-12-18(37(6,31)32)17-19(20)27(2,3)21(28)14-15-22-35-23(25(29)33-4)24(36-22)26(30)34-5/h12-15,17H,7-11,16H2,1-6H3. The van der Waals surface area contributed by atoms with E-state index in [0.717, 1.165) is 40.6 Å². The molecule has 3 rings (SSSR count). The molecule has 0 N–H and O–H groups in total. The average molecular weight is 566 g/mol. The van der Waals surface area contributed by atoms with Gasteiger partial charge in [-0.25, -0.2) is 18.0 Å². The fourth-order valence-corrected chi connectivity index (χ4v) is 7.41. The van der Waals surface area contributed by atoms with Gasteiger partial charge < -0.3 is 14.4 Å². The van der Waals surface area contributed by atoms with E-state index in [2.05, 4.69) is 25.7 Å². The van der Waals surface area contributed by atoms with E-state index in [4.69, 9.17) is 9.47 Å². The molecule has 0 amide bonds. The van der Waals surface area contributed by atoms with Gasteiger partial charge in [-0.1, -0.05) is 70.0 Å². The van der Waals surface area contributed by atoms with Gasteiger partial charge in [0.25, 0.3) is 0 Å². The van der Waals surface area contributed by atoms with Gasteiger partial charge in [0.2, 0.25) is 0 Å². The molecule has 202 valence electrons. The molecular weight excluding hydrogens is 530 g/mol. The predicted molar refractivity (Wildman–Crippen MR) is 151 cm³/mol. The third-order valence-electron chi connectivity index (χ3n) is 6.51. The number of methoxy groups -OCH3 is 2. The Kier molecular flexibility index (Phi) is 9.63. The lowest BCUT2D eigenvalue weighted by Crippen LogP contribution is -2.27. The number of ether oxygens (including phenoxy) is 2. The molecule has 0 radical (unpaired) electrons. The van der Waals surface area contributed by atoms with Crippen molar-refractivity contribution in [2.45, 2.75) is 63.2 Å². The third-order valence-corrected chi connectivity index (χ3v) is 10.1. The van der Waals surface area contributed by atoms with Gasteiger partial charge in [-0.15, -0.1) is 0 Å². The minimum atomic E-state index is -3.35. The molecule has 2 aliphatic heterocycles. The lowest BCUT2D eigenvalue weighted by molar-refractivity contribution is -0.138. The molecule has 0 aromatic heterocycles. The van der Waals surface area contributed by atoms with Gasteiger partial charge in [0, 0.05) is 29.6 Å². The van der Waals surface area contributed by atoms with Gasteiger partial charge in [-0.05, 0) is 42.3 Å². The van der Waals surface area contributed by atoms with E-state index in [-0.39, 0.29) is 9.81 Å². The summed E-state index contributed by atoms with van der Waals surface area (Å²) in [6.45, 7) is 7.18. The summed E-state index contributed by atoms with van der Waals surface area (Å²) in [6, 6.07) is 5.36. The quantitative estimate of drug-likeness (QED) is 0.253. The molecule has 0 aliphatic carbocycles. The zero-order valence-corrected chi connectivity index (χ0v) is 24.7. The van der Waals surface area contributed by atoms with Crippen LogP contribution in [-0.2, 0) is 34.3 Å². The number of benzene rings is 1. The number of carbonyl (C=O) groups is 2. The lowest BCUT2D eigenvalue weighted by Gasteiger charge is -2.27. The van der Waals surface area contributed by atoms with Crippen LogP contribution < -0.4 is 4.90 Å². The lowest BCUT2D eigenvalue weighted by atomic mass is 9.84. The van der Waals surface area contributed by atoms with E-state index in [1.54, 1.807) is 12.1 Å². The Hall–Kier alpha value is -2.17. The minimum Gasteiger partial charge on any atom is -0.465 e. The normalized spacial score (nSPS) is 17.8. The minimum absolute atomic E-state index is 0.212. The number of allylic oxidation sites excluding steroid dienone is 3. The number of rotatable bonds is 10. The topological polar surface area (TPSA) is 90.0 Å². The molecule has 10 heteroatoms. The molecule has 0 saturated heterocycles. The van der Waals surface area contributed by atoms with Gasteiger partial charge >= 0.3 is 11.9 Å². The van der Waals surface area contributed by atoms with E-state index in [9.17, 15) is 18.0 Å². The van der Waals surface area contributed by atoms with E-state index < -0.39 is 27.2 Å². The molecule has 7 nitrogen and oxygen atoms in total. The first kappa shape index (κ1) is 29.4. The van der Waals surface area contributed by atoms with Crippen LogP contribution in [-0.4, -0.2) is 47.4 Å². The van der Waals surface area contributed by atoms with Gasteiger partial charge in [0.05, 0.1) is 23.4 Å². The van der Waals surface area contributed by atoms with Crippen molar-refractivity contribution in [3.63, 3.8) is 0 Å². The summed E-state index contributed by atoms with van der Waals surface area (Å²) < 4.78 is 35.0. The number of unbranched alkanes of at least 4 members (excludes halogenated alkanes) is 4. The molecule has 2 heterocycles. The monoisotopic (exact) mass is 565 g/mol. The van der Waals surface area contributed by atoms with E-state index in [0.29, 0.717) is 4.90 Å². The Bertz CT molecular complexity index is 1230. The van der Waals surface area contributed by atoms with Crippen LogP contribution in [0, 0.1) is 0 Å². The highest BCUT2D eigenvalue weighted by molar-refractivity contribution is 8.29. The first-order valence-corrected chi connectivity index (χ1v) is 15.8. The van der Waals surface area contributed by atoms with Gasteiger partial charge in [0.1, 0.15) is 9.81 Å². The van der Waals surface area contributed by atoms with Crippen molar-refractivity contribution in [2.24, 2.45) is 0 Å². The summed E-state index contributed by atoms with van der Waals surface area (Å²) in [5.41, 5.74) is 2.55. The molecule has 0 spiro atoms. The Morgan fingerprint density at radius 2 is 1.57 bits per heavy atom. The number of hydrogen-bond acceptors (Lipinski definition) is 9. The highest BCUT2D eigenvalue weighted by Crippen LogP contribution is 2.52. The van der Waals surface area contributed by atoms with Crippen molar-refractivity contribution < 1.29 is 27.5 Å². The van der Waals surface area contributed by atoms with Crippen molar-refractivity contribution in [3.8, 4) is 0 Å². The fourth-order valence-electron chi connectivity index (χ4n) is 4.48. The van der Waals surface area contributed by atoms with Gasteiger partial charge in [-0.3, -0.25) is 0 Å². The molecule has 1 aromatic rings. The van der Waals surface area contributed by atoms with Crippen LogP contribution in [0.15, 0.2) is 55.0 Å². The first-order chi connectivity index (χ1) is 17.4. The molecule has 0 saturated carbocycles. The van der Waals surface area contributed by atoms with Crippen LogP contribution in [0.25, 0.3) is 0 Å². The largest absolute Gasteiger partial charge is 0.465 e. The zero-order valence-electron chi connectivity index (χ0n) is 22.3. The van der Waals surface area contributed by atoms with Crippen LogP contribution in [0.3, 0.4) is 0 Å². The van der Waals surface area contributed by atoms with Crippen LogP contribution in [0.4, 0.5) is 5.69 Å².